The number of esters is 1. The minimum Gasteiger partial charge on any atom is -0.457 e. The van der Waals surface area contributed by atoms with Crippen LogP contribution in [0.3, 0.4) is 0 Å². The Labute approximate surface area is 188 Å². The quantitative estimate of drug-likeness (QED) is 0.436. The molecule has 32 heavy (non-hydrogen) atoms. The Bertz CT molecular complexity index is 1280. The van der Waals surface area contributed by atoms with Crippen molar-refractivity contribution in [2.45, 2.75) is 52.1 Å². The minimum absolute atomic E-state index is 0.0139. The predicted molar refractivity (Wildman–Crippen MR) is 121 cm³/mol. The van der Waals surface area contributed by atoms with Gasteiger partial charge in [0.1, 0.15) is 10.6 Å². The van der Waals surface area contributed by atoms with Gasteiger partial charge in [-0.1, -0.05) is 35.0 Å². The number of benzene rings is 1. The lowest BCUT2D eigenvalue weighted by atomic mass is 9.97. The molecule has 0 spiro atoms. The van der Waals surface area contributed by atoms with Crippen molar-refractivity contribution in [1.82, 2.24) is 20.1 Å². The Balaban J connectivity index is 1.18. The van der Waals surface area contributed by atoms with E-state index in [4.69, 9.17) is 15.0 Å². The largest absolute Gasteiger partial charge is 0.457 e. The molecule has 0 radical (unpaired) electrons. The van der Waals surface area contributed by atoms with Crippen LogP contribution in [0.5, 0.6) is 0 Å². The second kappa shape index (κ2) is 8.66. The summed E-state index contributed by atoms with van der Waals surface area (Å²) in [6.45, 7) is 2.00. The molecular formula is C23H23N5O3S. The average molecular weight is 450 g/mol. The number of nitrogen functional groups attached to an aromatic ring is 1. The molecule has 0 unspecified atom stereocenters. The Morgan fingerprint density at radius 2 is 1.97 bits per heavy atom. The summed E-state index contributed by atoms with van der Waals surface area (Å²) >= 11 is 1.67. The number of hydrogen-bond acceptors (Lipinski definition) is 9. The van der Waals surface area contributed by atoms with Crippen LogP contribution in [0.4, 0.5) is 5.82 Å². The molecule has 164 valence electrons. The summed E-state index contributed by atoms with van der Waals surface area (Å²) in [4.78, 5) is 27.8. The van der Waals surface area contributed by atoms with Crippen molar-refractivity contribution >= 4 is 33.3 Å². The number of nitrogens with zero attached hydrogens (tertiary/aromatic N) is 4. The molecule has 1 aliphatic rings. The number of carbonyl (C=O) groups is 1. The normalized spacial score (nSPS) is 13.3. The Morgan fingerprint density at radius 3 is 2.81 bits per heavy atom. The first-order valence-corrected chi connectivity index (χ1v) is 11.5. The summed E-state index contributed by atoms with van der Waals surface area (Å²) in [5, 5.41) is 4.96. The van der Waals surface area contributed by atoms with Crippen molar-refractivity contribution in [3.05, 3.63) is 52.0 Å². The third kappa shape index (κ3) is 4.20. The number of nitrogens with two attached hydrogens (primary N) is 1. The fourth-order valence-electron chi connectivity index (χ4n) is 3.90. The van der Waals surface area contributed by atoms with E-state index in [1.165, 1.54) is 23.3 Å². The first-order chi connectivity index (χ1) is 15.6. The molecule has 9 heteroatoms. The Hall–Kier alpha value is -3.33. The SMILES string of the molecule is Cc1ccc(-c2noc(CCC(=O)OCc3nc(N)c4c5c(sc4n3)CCCC5)n2)cc1. The highest BCUT2D eigenvalue weighted by Gasteiger charge is 2.20. The van der Waals surface area contributed by atoms with Crippen molar-refractivity contribution in [1.29, 1.82) is 0 Å². The first kappa shape index (κ1) is 20.6. The molecule has 4 aromatic rings. The van der Waals surface area contributed by atoms with Crippen LogP contribution in [0.25, 0.3) is 21.6 Å². The molecule has 1 aliphatic carbocycles. The molecule has 2 N–H and O–H groups in total. The number of carbonyl (C=O) groups excluding carboxylic acids is 1. The lowest BCUT2D eigenvalue weighted by Crippen LogP contribution is -2.09. The maximum Gasteiger partial charge on any atom is 0.306 e. The summed E-state index contributed by atoms with van der Waals surface area (Å²) in [7, 11) is 0. The molecule has 3 heterocycles. The van der Waals surface area contributed by atoms with Gasteiger partial charge in [0.2, 0.25) is 11.7 Å². The maximum atomic E-state index is 12.2. The number of fused-ring (bicyclic) bond motifs is 3. The zero-order chi connectivity index (χ0) is 22.1. The molecule has 0 saturated carbocycles. The predicted octanol–water partition coefficient (Wildman–Crippen LogP) is 4.19. The molecule has 5 rings (SSSR count). The fourth-order valence-corrected chi connectivity index (χ4v) is 5.19. The van der Waals surface area contributed by atoms with Gasteiger partial charge in [-0.25, -0.2) is 9.97 Å². The Kier molecular flexibility index (Phi) is 5.57. The van der Waals surface area contributed by atoms with Gasteiger partial charge in [0, 0.05) is 16.9 Å². The summed E-state index contributed by atoms with van der Waals surface area (Å²) in [6, 6.07) is 7.84. The van der Waals surface area contributed by atoms with Crippen LogP contribution in [0.1, 0.15) is 47.0 Å². The van der Waals surface area contributed by atoms with E-state index in [0.717, 1.165) is 34.2 Å². The van der Waals surface area contributed by atoms with E-state index in [-0.39, 0.29) is 19.0 Å². The van der Waals surface area contributed by atoms with Gasteiger partial charge in [0.05, 0.1) is 11.8 Å². The molecule has 0 bridgehead atoms. The van der Waals surface area contributed by atoms with Crippen LogP contribution >= 0.6 is 11.3 Å². The first-order valence-electron chi connectivity index (χ1n) is 10.7. The Morgan fingerprint density at radius 1 is 1.16 bits per heavy atom. The number of rotatable bonds is 6. The lowest BCUT2D eigenvalue weighted by Gasteiger charge is -2.10. The zero-order valence-electron chi connectivity index (χ0n) is 17.8. The van der Waals surface area contributed by atoms with E-state index in [2.05, 4.69) is 20.1 Å². The highest BCUT2D eigenvalue weighted by Crippen LogP contribution is 2.37. The molecule has 0 aliphatic heterocycles. The minimum atomic E-state index is -0.382. The molecule has 1 aromatic carbocycles. The van der Waals surface area contributed by atoms with E-state index in [1.54, 1.807) is 11.3 Å². The fraction of sp³-hybridized carbons (Fsp3) is 0.348. The zero-order valence-corrected chi connectivity index (χ0v) is 18.6. The van der Waals surface area contributed by atoms with E-state index in [1.807, 2.05) is 31.2 Å². The van der Waals surface area contributed by atoms with Gasteiger partial charge in [0.15, 0.2) is 12.4 Å². The summed E-state index contributed by atoms with van der Waals surface area (Å²) < 4.78 is 10.6. The van der Waals surface area contributed by atoms with Crippen molar-refractivity contribution in [3.8, 4) is 11.4 Å². The summed E-state index contributed by atoms with van der Waals surface area (Å²) in [6.07, 6.45) is 4.90. The third-order valence-corrected chi connectivity index (χ3v) is 6.76. The van der Waals surface area contributed by atoms with Crippen LogP contribution < -0.4 is 5.73 Å². The van der Waals surface area contributed by atoms with Crippen LogP contribution in [0, 0.1) is 6.92 Å². The molecule has 0 fully saturated rings. The molecule has 8 nitrogen and oxygen atoms in total. The molecule has 0 saturated heterocycles. The summed E-state index contributed by atoms with van der Waals surface area (Å²) in [5.74, 6) is 1.40. The number of hydrogen-bond donors (Lipinski definition) is 1. The van der Waals surface area contributed by atoms with E-state index < -0.39 is 0 Å². The van der Waals surface area contributed by atoms with E-state index in [0.29, 0.717) is 29.8 Å². The van der Waals surface area contributed by atoms with Gasteiger partial charge in [-0.15, -0.1) is 11.3 Å². The van der Waals surface area contributed by atoms with Crippen molar-refractivity contribution in [2.75, 3.05) is 5.73 Å². The van der Waals surface area contributed by atoms with E-state index >= 15 is 0 Å². The summed E-state index contributed by atoms with van der Waals surface area (Å²) in [5.41, 5.74) is 9.53. The smallest absolute Gasteiger partial charge is 0.306 e. The van der Waals surface area contributed by atoms with Crippen molar-refractivity contribution < 1.29 is 14.1 Å². The van der Waals surface area contributed by atoms with Gasteiger partial charge in [-0.05, 0) is 38.2 Å². The van der Waals surface area contributed by atoms with Gasteiger partial charge in [-0.3, -0.25) is 4.79 Å². The standard InChI is InChI=1S/C23H23N5O3S/c1-13-6-8-14(9-7-13)22-27-18(31-28-22)10-11-19(29)30-12-17-25-21(24)20-15-4-2-3-5-16(15)32-23(20)26-17/h6-9H,2-5,10-12H2,1H3,(H2,24,25,26). The third-order valence-electron chi connectivity index (χ3n) is 5.57. The van der Waals surface area contributed by atoms with Gasteiger partial charge >= 0.3 is 5.97 Å². The van der Waals surface area contributed by atoms with Crippen LogP contribution in [0.2, 0.25) is 0 Å². The second-order valence-corrected chi connectivity index (χ2v) is 9.04. The van der Waals surface area contributed by atoms with E-state index in [9.17, 15) is 4.79 Å². The average Bonchev–Trinajstić information content (AvgIpc) is 3.41. The number of thiophene rings is 1. The highest BCUT2D eigenvalue weighted by atomic mass is 32.1. The second-order valence-electron chi connectivity index (χ2n) is 7.95. The molecule has 3 aromatic heterocycles. The lowest BCUT2D eigenvalue weighted by molar-refractivity contribution is -0.145. The monoisotopic (exact) mass is 449 g/mol. The number of anilines is 1. The maximum absolute atomic E-state index is 12.2. The van der Waals surface area contributed by atoms with Crippen LogP contribution in [-0.2, 0) is 35.4 Å². The van der Waals surface area contributed by atoms with Gasteiger partial charge < -0.3 is 15.0 Å². The number of aromatic nitrogens is 4. The van der Waals surface area contributed by atoms with Crippen molar-refractivity contribution in [2.24, 2.45) is 0 Å². The molecule has 0 atom stereocenters. The van der Waals surface area contributed by atoms with Crippen molar-refractivity contribution in [3.63, 3.8) is 0 Å². The molecular weight excluding hydrogens is 426 g/mol. The highest BCUT2D eigenvalue weighted by molar-refractivity contribution is 7.19. The van der Waals surface area contributed by atoms with Crippen LogP contribution in [-0.4, -0.2) is 26.1 Å². The van der Waals surface area contributed by atoms with Gasteiger partial charge in [-0.2, -0.15) is 4.98 Å². The van der Waals surface area contributed by atoms with Crippen LogP contribution in [0.15, 0.2) is 28.8 Å². The molecule has 0 amide bonds. The number of aryl methyl sites for hydroxylation is 4. The number of ether oxygens (including phenoxy) is 1. The topological polar surface area (TPSA) is 117 Å². The van der Waals surface area contributed by atoms with Gasteiger partial charge in [0.25, 0.3) is 0 Å².